The summed E-state index contributed by atoms with van der Waals surface area (Å²) in [7, 11) is 1.62. The van der Waals surface area contributed by atoms with E-state index in [0.717, 1.165) is 39.2 Å². The number of aromatic nitrogens is 4. The Morgan fingerprint density at radius 3 is 2.56 bits per heavy atom. The van der Waals surface area contributed by atoms with E-state index in [1.807, 2.05) is 36.0 Å². The second kappa shape index (κ2) is 7.08. The largest absolute Gasteiger partial charge is 0.497 e. The number of nitrogens with zero attached hydrogens (tertiary/aromatic N) is 4. The van der Waals surface area contributed by atoms with Gasteiger partial charge in [0.25, 0.3) is 0 Å². The number of ether oxygens (including phenoxy) is 1. The van der Waals surface area contributed by atoms with Crippen molar-refractivity contribution in [1.29, 1.82) is 0 Å². The summed E-state index contributed by atoms with van der Waals surface area (Å²) in [4.78, 5) is 9.08. The Kier molecular flexibility index (Phi) is 4.61. The molecule has 0 unspecified atom stereocenters. The first-order valence-electron chi connectivity index (χ1n) is 8.44. The molecule has 0 amide bonds. The lowest BCUT2D eigenvalue weighted by Gasteiger charge is -2.08. The summed E-state index contributed by atoms with van der Waals surface area (Å²) < 4.78 is 21.0. The van der Waals surface area contributed by atoms with E-state index in [9.17, 15) is 4.39 Å². The predicted octanol–water partition coefficient (Wildman–Crippen LogP) is 5.09. The van der Waals surface area contributed by atoms with Gasteiger partial charge in [-0.05, 0) is 59.3 Å². The second-order valence-corrected chi connectivity index (χ2v) is 6.69. The summed E-state index contributed by atoms with van der Waals surface area (Å²) >= 11 is 3.40. The van der Waals surface area contributed by atoms with Gasteiger partial charge in [0, 0.05) is 35.3 Å². The fourth-order valence-corrected chi connectivity index (χ4v) is 3.36. The SMILES string of the molecule is CCn1cc(-c2nc(Br)nc3cc(OC)ccc23)c(-c2ccc(F)cc2)n1. The molecule has 27 heavy (non-hydrogen) atoms. The average molecular weight is 427 g/mol. The van der Waals surface area contributed by atoms with Crippen LogP contribution in [0.2, 0.25) is 0 Å². The highest BCUT2D eigenvalue weighted by Gasteiger charge is 2.18. The van der Waals surface area contributed by atoms with Crippen LogP contribution in [0.1, 0.15) is 6.92 Å². The van der Waals surface area contributed by atoms with Gasteiger partial charge in [-0.25, -0.2) is 14.4 Å². The van der Waals surface area contributed by atoms with Crippen molar-refractivity contribution in [2.75, 3.05) is 7.11 Å². The molecule has 0 N–H and O–H groups in total. The number of fused-ring (bicyclic) bond motifs is 1. The molecule has 0 aliphatic carbocycles. The van der Waals surface area contributed by atoms with Crippen molar-refractivity contribution in [3.05, 3.63) is 59.2 Å². The molecule has 2 aromatic carbocycles. The summed E-state index contributed by atoms with van der Waals surface area (Å²) in [6, 6.07) is 12.0. The standard InChI is InChI=1S/C20H16BrFN4O/c1-3-26-11-16(18(25-26)12-4-6-13(22)7-5-12)19-15-9-8-14(27-2)10-17(15)23-20(21)24-19/h4-11H,3H2,1-2H3. The van der Waals surface area contributed by atoms with Crippen LogP contribution in [0.4, 0.5) is 4.39 Å². The van der Waals surface area contributed by atoms with E-state index in [4.69, 9.17) is 4.74 Å². The highest BCUT2D eigenvalue weighted by molar-refractivity contribution is 9.10. The van der Waals surface area contributed by atoms with Crippen molar-refractivity contribution >= 4 is 26.8 Å². The van der Waals surface area contributed by atoms with E-state index in [2.05, 4.69) is 31.0 Å². The van der Waals surface area contributed by atoms with Crippen LogP contribution in [0.5, 0.6) is 5.75 Å². The van der Waals surface area contributed by atoms with E-state index < -0.39 is 0 Å². The van der Waals surface area contributed by atoms with Gasteiger partial charge in [0.1, 0.15) is 17.3 Å². The van der Waals surface area contributed by atoms with Crippen molar-refractivity contribution in [2.45, 2.75) is 13.5 Å². The van der Waals surface area contributed by atoms with E-state index >= 15 is 0 Å². The first kappa shape index (κ1) is 17.6. The summed E-state index contributed by atoms with van der Waals surface area (Å²) in [5, 5.41) is 5.56. The fourth-order valence-electron chi connectivity index (χ4n) is 2.99. The van der Waals surface area contributed by atoms with Crippen LogP contribution >= 0.6 is 15.9 Å². The van der Waals surface area contributed by atoms with Gasteiger partial charge in [0.2, 0.25) is 0 Å². The van der Waals surface area contributed by atoms with Gasteiger partial charge in [-0.15, -0.1) is 0 Å². The van der Waals surface area contributed by atoms with Crippen LogP contribution in [-0.2, 0) is 6.54 Å². The summed E-state index contributed by atoms with van der Waals surface area (Å²) in [6.07, 6.45) is 1.96. The highest BCUT2D eigenvalue weighted by Crippen LogP contribution is 2.35. The molecule has 5 nitrogen and oxygen atoms in total. The lowest BCUT2D eigenvalue weighted by molar-refractivity contribution is 0.415. The summed E-state index contributed by atoms with van der Waals surface area (Å²) in [6.45, 7) is 2.73. The van der Waals surface area contributed by atoms with Crippen LogP contribution in [-0.4, -0.2) is 26.9 Å². The lowest BCUT2D eigenvalue weighted by Crippen LogP contribution is -1.93. The van der Waals surface area contributed by atoms with Crippen molar-refractivity contribution in [2.24, 2.45) is 0 Å². The maximum absolute atomic E-state index is 13.4. The first-order chi connectivity index (χ1) is 13.1. The molecule has 0 spiro atoms. The molecule has 0 aliphatic heterocycles. The number of halogens is 2. The van der Waals surface area contributed by atoms with Gasteiger partial charge in [-0.1, -0.05) is 0 Å². The molecule has 0 aliphatic rings. The number of methoxy groups -OCH3 is 1. The monoisotopic (exact) mass is 426 g/mol. The Morgan fingerprint density at radius 1 is 1.07 bits per heavy atom. The quantitative estimate of drug-likeness (QED) is 0.426. The normalized spacial score (nSPS) is 11.1. The lowest BCUT2D eigenvalue weighted by atomic mass is 10.0. The molecular weight excluding hydrogens is 411 g/mol. The number of benzene rings is 2. The van der Waals surface area contributed by atoms with Crippen LogP contribution in [0.3, 0.4) is 0 Å². The molecular formula is C20H16BrFN4O. The minimum absolute atomic E-state index is 0.280. The molecule has 4 rings (SSSR count). The Balaban J connectivity index is 1.98. The van der Waals surface area contributed by atoms with Crippen LogP contribution < -0.4 is 4.74 Å². The van der Waals surface area contributed by atoms with Crippen LogP contribution in [0.25, 0.3) is 33.4 Å². The Labute approximate surface area is 164 Å². The second-order valence-electron chi connectivity index (χ2n) is 5.98. The molecule has 0 fully saturated rings. The molecule has 0 bridgehead atoms. The Morgan fingerprint density at radius 2 is 1.85 bits per heavy atom. The molecule has 7 heteroatoms. The van der Waals surface area contributed by atoms with E-state index in [1.54, 1.807) is 19.2 Å². The number of hydrogen-bond acceptors (Lipinski definition) is 4. The third kappa shape index (κ3) is 3.30. The topological polar surface area (TPSA) is 52.8 Å². The number of hydrogen-bond donors (Lipinski definition) is 0. The predicted molar refractivity (Wildman–Crippen MR) is 106 cm³/mol. The average Bonchev–Trinajstić information content (AvgIpc) is 3.11. The van der Waals surface area contributed by atoms with E-state index in [0.29, 0.717) is 11.3 Å². The summed E-state index contributed by atoms with van der Waals surface area (Å²) in [5.74, 6) is 0.444. The van der Waals surface area contributed by atoms with Gasteiger partial charge < -0.3 is 4.74 Å². The maximum atomic E-state index is 13.4. The minimum Gasteiger partial charge on any atom is -0.497 e. The summed E-state index contributed by atoms with van der Waals surface area (Å²) in [5.41, 5.74) is 3.96. The smallest absolute Gasteiger partial charge is 0.197 e. The molecule has 0 radical (unpaired) electrons. The zero-order valence-electron chi connectivity index (χ0n) is 14.8. The van der Waals surface area contributed by atoms with Gasteiger partial charge in [-0.3, -0.25) is 4.68 Å². The van der Waals surface area contributed by atoms with Gasteiger partial charge in [-0.2, -0.15) is 5.10 Å². The van der Waals surface area contributed by atoms with Gasteiger partial charge >= 0.3 is 0 Å². The highest BCUT2D eigenvalue weighted by atomic mass is 79.9. The Bertz CT molecular complexity index is 1120. The first-order valence-corrected chi connectivity index (χ1v) is 9.23. The fraction of sp³-hybridized carbons (Fsp3) is 0.150. The van der Waals surface area contributed by atoms with Crippen molar-refractivity contribution < 1.29 is 9.13 Å². The zero-order valence-corrected chi connectivity index (χ0v) is 16.4. The van der Waals surface area contributed by atoms with Gasteiger partial charge in [0.05, 0.1) is 18.3 Å². The van der Waals surface area contributed by atoms with Crippen molar-refractivity contribution in [3.63, 3.8) is 0 Å². The molecule has 0 saturated heterocycles. The molecule has 2 heterocycles. The number of rotatable bonds is 4. The molecule has 136 valence electrons. The molecule has 0 saturated carbocycles. The molecule has 2 aromatic heterocycles. The Hall–Kier alpha value is -2.80. The third-order valence-electron chi connectivity index (χ3n) is 4.34. The van der Waals surface area contributed by atoms with E-state index in [-0.39, 0.29) is 5.82 Å². The number of aryl methyl sites for hydroxylation is 1. The van der Waals surface area contributed by atoms with Crippen LogP contribution in [0, 0.1) is 5.82 Å². The van der Waals surface area contributed by atoms with Crippen molar-refractivity contribution in [3.8, 4) is 28.3 Å². The van der Waals surface area contributed by atoms with Gasteiger partial charge in [0.15, 0.2) is 4.73 Å². The van der Waals surface area contributed by atoms with Crippen LogP contribution in [0.15, 0.2) is 53.4 Å². The van der Waals surface area contributed by atoms with E-state index in [1.165, 1.54) is 12.1 Å². The maximum Gasteiger partial charge on any atom is 0.197 e. The van der Waals surface area contributed by atoms with Crippen molar-refractivity contribution in [1.82, 2.24) is 19.7 Å². The third-order valence-corrected chi connectivity index (χ3v) is 4.69. The molecule has 4 aromatic rings. The minimum atomic E-state index is -0.280. The zero-order chi connectivity index (χ0) is 19.0. The molecule has 0 atom stereocenters.